The fourth-order valence-corrected chi connectivity index (χ4v) is 5.40. The largest absolute Gasteiger partial charge is 0.347 e. The van der Waals surface area contributed by atoms with Crippen LogP contribution >= 0.6 is 0 Å². The zero-order valence-electron chi connectivity index (χ0n) is 14.8. The molecule has 1 saturated heterocycles. The Labute approximate surface area is 152 Å². The number of hydrogen-bond donors (Lipinski definition) is 0. The maximum Gasteiger partial charge on any atom is 0.243 e. The molecule has 0 saturated carbocycles. The van der Waals surface area contributed by atoms with Crippen molar-refractivity contribution >= 4 is 20.9 Å². The fraction of sp³-hybridized carbons (Fsp3) is 0.300. The maximum atomic E-state index is 13.5. The first kappa shape index (κ1) is 17.2. The van der Waals surface area contributed by atoms with Gasteiger partial charge in [0.05, 0.1) is 4.90 Å². The van der Waals surface area contributed by atoms with E-state index in [2.05, 4.69) is 22.8 Å². The van der Waals surface area contributed by atoms with Gasteiger partial charge in [0, 0.05) is 37.3 Å². The first-order valence-corrected chi connectivity index (χ1v) is 10.1. The summed E-state index contributed by atoms with van der Waals surface area (Å²) >= 11 is 0. The number of aromatic nitrogens is 1. The van der Waals surface area contributed by atoms with Gasteiger partial charge in [-0.25, -0.2) is 12.8 Å². The van der Waals surface area contributed by atoms with Crippen molar-refractivity contribution in [1.82, 2.24) is 8.87 Å². The lowest BCUT2D eigenvalue weighted by Gasteiger charge is -2.17. The van der Waals surface area contributed by atoms with Gasteiger partial charge in [0.2, 0.25) is 10.0 Å². The van der Waals surface area contributed by atoms with Crippen LogP contribution in [-0.4, -0.2) is 30.4 Å². The molecule has 0 amide bonds. The van der Waals surface area contributed by atoms with Crippen LogP contribution in [0.15, 0.2) is 53.4 Å². The van der Waals surface area contributed by atoms with Gasteiger partial charge < -0.3 is 4.57 Å². The Kier molecular flexibility index (Phi) is 4.12. The van der Waals surface area contributed by atoms with Gasteiger partial charge in [0.1, 0.15) is 5.82 Å². The molecule has 2 aromatic carbocycles. The van der Waals surface area contributed by atoms with Crippen LogP contribution in [0.4, 0.5) is 4.39 Å². The Morgan fingerprint density at radius 1 is 1.12 bits per heavy atom. The Morgan fingerprint density at radius 3 is 2.62 bits per heavy atom. The van der Waals surface area contributed by atoms with E-state index < -0.39 is 15.8 Å². The molecule has 4 nitrogen and oxygen atoms in total. The van der Waals surface area contributed by atoms with Crippen LogP contribution in [0, 0.1) is 12.7 Å². The Balaban J connectivity index is 1.63. The van der Waals surface area contributed by atoms with Crippen molar-refractivity contribution in [2.75, 3.05) is 13.1 Å². The van der Waals surface area contributed by atoms with Gasteiger partial charge in [-0.15, -0.1) is 0 Å². The number of nitrogens with zero attached hydrogens (tertiary/aromatic N) is 2. The van der Waals surface area contributed by atoms with Gasteiger partial charge in [-0.05, 0) is 54.6 Å². The summed E-state index contributed by atoms with van der Waals surface area (Å²) in [5.41, 5.74) is 2.65. The van der Waals surface area contributed by atoms with E-state index in [-0.39, 0.29) is 10.8 Å². The van der Waals surface area contributed by atoms with Gasteiger partial charge in [0.15, 0.2) is 0 Å². The van der Waals surface area contributed by atoms with Crippen LogP contribution in [-0.2, 0) is 17.1 Å². The van der Waals surface area contributed by atoms with Gasteiger partial charge >= 0.3 is 0 Å². The predicted octanol–water partition coefficient (Wildman–Crippen LogP) is 3.80. The molecule has 0 N–H and O–H groups in total. The summed E-state index contributed by atoms with van der Waals surface area (Å²) in [4.78, 5) is 0.161. The van der Waals surface area contributed by atoms with Crippen LogP contribution in [0.5, 0.6) is 0 Å². The Hall–Kier alpha value is -2.18. The second-order valence-electron chi connectivity index (χ2n) is 6.95. The molecule has 3 aromatic rings. The highest BCUT2D eigenvalue weighted by Gasteiger charge is 2.34. The zero-order chi connectivity index (χ0) is 18.5. The minimum Gasteiger partial charge on any atom is -0.347 e. The average molecular weight is 372 g/mol. The van der Waals surface area contributed by atoms with E-state index in [9.17, 15) is 12.8 Å². The molecule has 1 fully saturated rings. The fourth-order valence-electron chi connectivity index (χ4n) is 3.82. The molecule has 136 valence electrons. The lowest BCUT2D eigenvalue weighted by molar-refractivity contribution is 0.471. The Bertz CT molecular complexity index is 1090. The SMILES string of the molecule is Cc1cc(S(=O)(=O)N2CCC(c3cc4ccccc4n3C)C2)ccc1F. The number of sulfonamides is 1. The third-order valence-electron chi connectivity index (χ3n) is 5.33. The molecule has 0 radical (unpaired) electrons. The van der Waals surface area contributed by atoms with E-state index in [0.717, 1.165) is 17.6 Å². The monoisotopic (exact) mass is 372 g/mol. The molecule has 1 aliphatic heterocycles. The standard InChI is InChI=1S/C20H21FN2O2S/c1-14-11-17(7-8-18(14)21)26(24,25)23-10-9-16(13-23)20-12-15-5-3-4-6-19(15)22(20)2/h3-8,11-12,16H,9-10,13H2,1-2H3. The highest BCUT2D eigenvalue weighted by Crippen LogP contribution is 2.34. The molecule has 0 aliphatic carbocycles. The highest BCUT2D eigenvalue weighted by molar-refractivity contribution is 7.89. The van der Waals surface area contributed by atoms with Gasteiger partial charge in [-0.2, -0.15) is 4.31 Å². The number of para-hydroxylation sites is 1. The van der Waals surface area contributed by atoms with Crippen LogP contribution in [0.1, 0.15) is 23.6 Å². The van der Waals surface area contributed by atoms with Crippen molar-refractivity contribution in [1.29, 1.82) is 0 Å². The molecule has 0 bridgehead atoms. The summed E-state index contributed by atoms with van der Waals surface area (Å²) in [5.74, 6) is -0.234. The van der Waals surface area contributed by atoms with Crippen LogP contribution in [0.2, 0.25) is 0 Å². The molecule has 1 atom stereocenters. The average Bonchev–Trinajstić information content (AvgIpc) is 3.23. The van der Waals surface area contributed by atoms with E-state index in [1.165, 1.54) is 27.9 Å². The smallest absolute Gasteiger partial charge is 0.243 e. The summed E-state index contributed by atoms with van der Waals surface area (Å²) in [7, 11) is -1.58. The van der Waals surface area contributed by atoms with Crippen molar-refractivity contribution in [2.45, 2.75) is 24.2 Å². The first-order chi connectivity index (χ1) is 12.4. The van der Waals surface area contributed by atoms with E-state index in [0.29, 0.717) is 18.7 Å². The molecular weight excluding hydrogens is 351 g/mol. The molecule has 0 spiro atoms. The third-order valence-corrected chi connectivity index (χ3v) is 7.19. The minimum atomic E-state index is -3.60. The number of hydrogen-bond acceptors (Lipinski definition) is 2. The van der Waals surface area contributed by atoms with E-state index in [4.69, 9.17) is 0 Å². The van der Waals surface area contributed by atoms with Gasteiger partial charge in [-0.3, -0.25) is 0 Å². The number of halogens is 1. The second kappa shape index (κ2) is 6.21. The minimum absolute atomic E-state index is 0.156. The summed E-state index contributed by atoms with van der Waals surface area (Å²) in [6.07, 6.45) is 0.781. The topological polar surface area (TPSA) is 42.3 Å². The van der Waals surface area contributed by atoms with E-state index in [1.54, 1.807) is 6.92 Å². The normalized spacial score (nSPS) is 18.7. The molecule has 1 aliphatic rings. The second-order valence-corrected chi connectivity index (χ2v) is 8.88. The first-order valence-electron chi connectivity index (χ1n) is 8.68. The summed E-state index contributed by atoms with van der Waals surface area (Å²) in [5, 5.41) is 1.17. The number of benzene rings is 2. The highest BCUT2D eigenvalue weighted by atomic mass is 32.2. The third kappa shape index (κ3) is 2.73. The molecule has 4 rings (SSSR count). The summed E-state index contributed by atoms with van der Waals surface area (Å²) in [6.45, 7) is 2.50. The number of aryl methyl sites for hydroxylation is 2. The van der Waals surface area contributed by atoms with Crippen molar-refractivity contribution < 1.29 is 12.8 Å². The number of fused-ring (bicyclic) bond motifs is 1. The zero-order valence-corrected chi connectivity index (χ0v) is 15.6. The van der Waals surface area contributed by atoms with Crippen LogP contribution in [0.25, 0.3) is 10.9 Å². The van der Waals surface area contributed by atoms with Crippen LogP contribution < -0.4 is 0 Å². The lowest BCUT2D eigenvalue weighted by atomic mass is 10.1. The van der Waals surface area contributed by atoms with Gasteiger partial charge in [0.25, 0.3) is 0 Å². The molecule has 6 heteroatoms. The van der Waals surface area contributed by atoms with E-state index >= 15 is 0 Å². The Morgan fingerprint density at radius 2 is 1.88 bits per heavy atom. The van der Waals surface area contributed by atoms with Gasteiger partial charge in [-0.1, -0.05) is 18.2 Å². The van der Waals surface area contributed by atoms with Crippen molar-refractivity contribution in [3.63, 3.8) is 0 Å². The van der Waals surface area contributed by atoms with Crippen molar-refractivity contribution in [3.8, 4) is 0 Å². The number of rotatable bonds is 3. The molecule has 26 heavy (non-hydrogen) atoms. The quantitative estimate of drug-likeness (QED) is 0.702. The molecule has 1 unspecified atom stereocenters. The summed E-state index contributed by atoms with van der Waals surface area (Å²) < 4.78 is 43.0. The maximum absolute atomic E-state index is 13.5. The van der Waals surface area contributed by atoms with Crippen LogP contribution in [0.3, 0.4) is 0 Å². The predicted molar refractivity (Wildman–Crippen MR) is 100 cm³/mol. The molecule has 1 aromatic heterocycles. The lowest BCUT2D eigenvalue weighted by Crippen LogP contribution is -2.29. The molecular formula is C20H21FN2O2S. The molecule has 2 heterocycles. The van der Waals surface area contributed by atoms with Crippen molar-refractivity contribution in [3.05, 3.63) is 65.6 Å². The van der Waals surface area contributed by atoms with Crippen molar-refractivity contribution in [2.24, 2.45) is 7.05 Å². The summed E-state index contributed by atoms with van der Waals surface area (Å²) in [6, 6.07) is 14.3. The van der Waals surface area contributed by atoms with E-state index in [1.807, 2.05) is 19.2 Å².